The van der Waals surface area contributed by atoms with Crippen LogP contribution in [0.4, 0.5) is 0 Å². The van der Waals surface area contributed by atoms with Crippen LogP contribution in [0, 0.1) is 19.8 Å². The van der Waals surface area contributed by atoms with Gasteiger partial charge in [0.05, 0.1) is 24.1 Å². The number of phenols is 1. The van der Waals surface area contributed by atoms with Crippen LogP contribution in [0.5, 0.6) is 11.5 Å². The molecule has 0 spiro atoms. The lowest BCUT2D eigenvalue weighted by atomic mass is 9.87. The summed E-state index contributed by atoms with van der Waals surface area (Å²) in [5.41, 5.74) is 8.93. The number of ether oxygens (including phenoxy) is 2. The summed E-state index contributed by atoms with van der Waals surface area (Å²) < 4.78 is 11.5. The molecule has 220 valence electrons. The highest BCUT2D eigenvalue weighted by molar-refractivity contribution is 5.78. The van der Waals surface area contributed by atoms with Crippen molar-refractivity contribution in [1.82, 2.24) is 5.32 Å². The summed E-state index contributed by atoms with van der Waals surface area (Å²) in [6.45, 7) is 8.63. The fourth-order valence-electron chi connectivity index (χ4n) is 4.81. The summed E-state index contributed by atoms with van der Waals surface area (Å²) in [4.78, 5) is 26.4. The monoisotopic (exact) mass is 562 g/mol. The topological polar surface area (TPSA) is 131 Å². The van der Waals surface area contributed by atoms with Gasteiger partial charge in [-0.1, -0.05) is 60.7 Å². The van der Waals surface area contributed by atoms with E-state index in [1.807, 2.05) is 60.7 Å². The van der Waals surface area contributed by atoms with Gasteiger partial charge in [0.25, 0.3) is 5.91 Å². The Balaban J connectivity index is 1.82. The zero-order chi connectivity index (χ0) is 30.2. The number of amides is 1. The van der Waals surface area contributed by atoms with E-state index in [1.54, 1.807) is 46.8 Å². The smallest absolute Gasteiger partial charge is 0.309 e. The molecule has 8 nitrogen and oxygen atoms in total. The number of aliphatic hydroxyl groups is 1. The number of nitrogens with one attached hydrogen (secondary N) is 1. The standard InChI is InChI=1S/C33H42N2O6/c1-21-16-26(36)17-22(2)31(21)40-20-28(38)35-30(29(34)24-14-10-7-11-15-24)27(37)19-25(32(39)41-33(3,4)5)18-23-12-8-6-9-13-23/h6-17,25,27,29-30,36-37H,18-20,34H2,1-5H3,(H,35,38)/t25-,27-,29?,30+/m0/s1. The molecule has 3 aromatic carbocycles. The Labute approximate surface area is 242 Å². The number of hydrogen-bond acceptors (Lipinski definition) is 7. The molecule has 5 N–H and O–H groups in total. The Morgan fingerprint density at radius 2 is 1.51 bits per heavy atom. The number of aryl methyl sites for hydroxylation is 2. The van der Waals surface area contributed by atoms with E-state index in [0.29, 0.717) is 23.3 Å². The lowest BCUT2D eigenvalue weighted by Gasteiger charge is -2.32. The van der Waals surface area contributed by atoms with Crippen LogP contribution in [-0.2, 0) is 20.7 Å². The SMILES string of the molecule is Cc1cc(O)cc(C)c1OCC(=O)N[C@@H](C(N)c1ccccc1)[C@@H](O)C[C@H](Cc1ccccc1)C(=O)OC(C)(C)C. The Bertz CT molecular complexity index is 1270. The minimum Gasteiger partial charge on any atom is -0.508 e. The molecule has 0 saturated carbocycles. The van der Waals surface area contributed by atoms with E-state index >= 15 is 0 Å². The summed E-state index contributed by atoms with van der Waals surface area (Å²) in [7, 11) is 0. The highest BCUT2D eigenvalue weighted by atomic mass is 16.6. The Morgan fingerprint density at radius 3 is 2.07 bits per heavy atom. The van der Waals surface area contributed by atoms with E-state index in [-0.39, 0.29) is 18.8 Å². The molecular weight excluding hydrogens is 520 g/mol. The van der Waals surface area contributed by atoms with Crippen molar-refractivity contribution >= 4 is 11.9 Å². The highest BCUT2D eigenvalue weighted by Gasteiger charge is 2.34. The highest BCUT2D eigenvalue weighted by Crippen LogP contribution is 2.28. The van der Waals surface area contributed by atoms with Crippen molar-refractivity contribution in [3.63, 3.8) is 0 Å². The summed E-state index contributed by atoms with van der Waals surface area (Å²) >= 11 is 0. The maximum absolute atomic E-state index is 13.2. The quantitative estimate of drug-likeness (QED) is 0.239. The minimum absolute atomic E-state index is 0.0202. The lowest BCUT2D eigenvalue weighted by Crippen LogP contribution is -2.52. The van der Waals surface area contributed by atoms with Crippen molar-refractivity contribution < 1.29 is 29.3 Å². The molecule has 0 aliphatic heterocycles. The molecule has 0 heterocycles. The summed E-state index contributed by atoms with van der Waals surface area (Å²) in [5.74, 6) is -0.976. The second-order valence-corrected chi connectivity index (χ2v) is 11.5. The van der Waals surface area contributed by atoms with Crippen LogP contribution in [-0.4, -0.2) is 46.4 Å². The molecule has 4 atom stereocenters. The van der Waals surface area contributed by atoms with Crippen molar-refractivity contribution in [3.05, 3.63) is 95.1 Å². The average molecular weight is 563 g/mol. The first-order chi connectivity index (χ1) is 19.3. The number of carbonyl (C=O) groups is 2. The van der Waals surface area contributed by atoms with Gasteiger partial charge in [-0.2, -0.15) is 0 Å². The van der Waals surface area contributed by atoms with Crippen LogP contribution < -0.4 is 15.8 Å². The van der Waals surface area contributed by atoms with Crippen LogP contribution in [0.2, 0.25) is 0 Å². The molecule has 1 amide bonds. The molecule has 0 fully saturated rings. The average Bonchev–Trinajstić information content (AvgIpc) is 2.90. The largest absolute Gasteiger partial charge is 0.508 e. The van der Waals surface area contributed by atoms with E-state index in [9.17, 15) is 19.8 Å². The van der Waals surface area contributed by atoms with E-state index in [0.717, 1.165) is 11.1 Å². The number of carbonyl (C=O) groups excluding carboxylic acids is 2. The van der Waals surface area contributed by atoms with Crippen molar-refractivity contribution in [3.8, 4) is 11.5 Å². The maximum atomic E-state index is 13.2. The second kappa shape index (κ2) is 14.1. The van der Waals surface area contributed by atoms with Gasteiger partial charge in [-0.3, -0.25) is 9.59 Å². The molecule has 1 unspecified atom stereocenters. The molecule has 0 bridgehead atoms. The third kappa shape index (κ3) is 9.62. The Kier molecular flexibility index (Phi) is 10.9. The number of rotatable bonds is 12. The fraction of sp³-hybridized carbons (Fsp3) is 0.394. The van der Waals surface area contributed by atoms with Gasteiger partial charge in [0, 0.05) is 0 Å². The summed E-state index contributed by atoms with van der Waals surface area (Å²) in [6, 6.07) is 20.1. The number of hydrogen-bond donors (Lipinski definition) is 4. The lowest BCUT2D eigenvalue weighted by molar-refractivity contribution is -0.161. The molecule has 0 aromatic heterocycles. The van der Waals surface area contributed by atoms with Crippen molar-refractivity contribution in [2.75, 3.05) is 6.61 Å². The predicted octanol–water partition coefficient (Wildman–Crippen LogP) is 4.52. The van der Waals surface area contributed by atoms with Crippen molar-refractivity contribution in [1.29, 1.82) is 0 Å². The number of esters is 1. The van der Waals surface area contributed by atoms with E-state index in [4.69, 9.17) is 15.2 Å². The molecule has 0 aliphatic rings. The van der Waals surface area contributed by atoms with Crippen LogP contribution in [0.25, 0.3) is 0 Å². The number of benzene rings is 3. The molecule has 0 saturated heterocycles. The van der Waals surface area contributed by atoms with Crippen molar-refractivity contribution in [2.24, 2.45) is 11.7 Å². The number of aliphatic hydroxyl groups excluding tert-OH is 1. The summed E-state index contributed by atoms with van der Waals surface area (Å²) in [5, 5.41) is 24.2. The van der Waals surface area contributed by atoms with Gasteiger partial charge >= 0.3 is 5.97 Å². The molecule has 0 aliphatic carbocycles. The first-order valence-corrected chi connectivity index (χ1v) is 13.8. The number of phenolic OH excluding ortho intramolecular Hbond substituents is 1. The van der Waals surface area contributed by atoms with Crippen molar-refractivity contribution in [2.45, 2.75) is 71.2 Å². The molecule has 41 heavy (non-hydrogen) atoms. The van der Waals surface area contributed by atoms with Gasteiger partial charge < -0.3 is 30.7 Å². The second-order valence-electron chi connectivity index (χ2n) is 11.5. The van der Waals surface area contributed by atoms with E-state index in [2.05, 4.69) is 5.32 Å². The Hall–Kier alpha value is -3.88. The van der Waals surface area contributed by atoms with Crippen LogP contribution in [0.3, 0.4) is 0 Å². The third-order valence-electron chi connectivity index (χ3n) is 6.70. The molecule has 3 rings (SSSR count). The number of aromatic hydroxyl groups is 1. The molecular formula is C33H42N2O6. The van der Waals surface area contributed by atoms with Crippen LogP contribution in [0.15, 0.2) is 72.8 Å². The van der Waals surface area contributed by atoms with Crippen LogP contribution >= 0.6 is 0 Å². The van der Waals surface area contributed by atoms with Gasteiger partial charge in [0.2, 0.25) is 0 Å². The predicted molar refractivity (Wildman–Crippen MR) is 158 cm³/mol. The Morgan fingerprint density at radius 1 is 0.951 bits per heavy atom. The zero-order valence-corrected chi connectivity index (χ0v) is 24.5. The van der Waals surface area contributed by atoms with Gasteiger partial charge in [-0.25, -0.2) is 0 Å². The number of nitrogens with two attached hydrogens (primary N) is 1. The van der Waals surface area contributed by atoms with Gasteiger partial charge in [0.15, 0.2) is 6.61 Å². The first kappa shape index (κ1) is 31.6. The van der Waals surface area contributed by atoms with Crippen LogP contribution in [0.1, 0.15) is 55.5 Å². The third-order valence-corrected chi connectivity index (χ3v) is 6.70. The molecule has 8 heteroatoms. The maximum Gasteiger partial charge on any atom is 0.309 e. The minimum atomic E-state index is -1.17. The van der Waals surface area contributed by atoms with Gasteiger partial charge in [0.1, 0.15) is 17.1 Å². The van der Waals surface area contributed by atoms with E-state index < -0.39 is 41.6 Å². The fourth-order valence-corrected chi connectivity index (χ4v) is 4.81. The van der Waals surface area contributed by atoms with Gasteiger partial charge in [-0.15, -0.1) is 0 Å². The summed E-state index contributed by atoms with van der Waals surface area (Å²) in [6.07, 6.45) is -0.796. The zero-order valence-electron chi connectivity index (χ0n) is 24.5. The first-order valence-electron chi connectivity index (χ1n) is 13.8. The van der Waals surface area contributed by atoms with E-state index in [1.165, 1.54) is 0 Å². The molecule has 0 radical (unpaired) electrons. The van der Waals surface area contributed by atoms with Gasteiger partial charge in [-0.05, 0) is 81.8 Å². The normalized spacial score (nSPS) is 14.4. The molecule has 3 aromatic rings.